The highest BCUT2D eigenvalue weighted by Gasteiger charge is 2.31. The van der Waals surface area contributed by atoms with Gasteiger partial charge in [0.25, 0.3) is 0 Å². The molecule has 1 aromatic carbocycles. The maximum Gasteiger partial charge on any atom is 0.249 e. The van der Waals surface area contributed by atoms with Gasteiger partial charge < -0.3 is 10.2 Å². The Morgan fingerprint density at radius 2 is 2.00 bits per heavy atom. The number of aromatic nitrogens is 1. The van der Waals surface area contributed by atoms with Crippen molar-refractivity contribution in [1.29, 1.82) is 0 Å². The molecule has 2 aromatic rings. The molecule has 4 nitrogen and oxygen atoms in total. The Bertz CT molecular complexity index is 657. The van der Waals surface area contributed by atoms with Crippen molar-refractivity contribution in [3.8, 4) is 0 Å². The van der Waals surface area contributed by atoms with Crippen LogP contribution in [0.25, 0.3) is 0 Å². The molecule has 2 heterocycles. The summed E-state index contributed by atoms with van der Waals surface area (Å²) in [7, 11) is 0. The second kappa shape index (κ2) is 7.27. The van der Waals surface area contributed by atoms with E-state index in [0.29, 0.717) is 0 Å². The van der Waals surface area contributed by atoms with Crippen molar-refractivity contribution in [2.24, 2.45) is 0 Å². The Kier molecular flexibility index (Phi) is 4.91. The van der Waals surface area contributed by atoms with Crippen molar-refractivity contribution in [2.45, 2.75) is 38.6 Å². The number of fused-ring (bicyclic) bond motifs is 1. The van der Waals surface area contributed by atoms with Crippen molar-refractivity contribution < 1.29 is 4.79 Å². The lowest BCUT2D eigenvalue weighted by atomic mass is 10.0. The fourth-order valence-electron chi connectivity index (χ4n) is 2.97. The van der Waals surface area contributed by atoms with Gasteiger partial charge in [-0.25, -0.2) is 0 Å². The summed E-state index contributed by atoms with van der Waals surface area (Å²) in [6, 6.07) is 13.8. The van der Waals surface area contributed by atoms with E-state index in [4.69, 9.17) is 0 Å². The van der Waals surface area contributed by atoms with E-state index < -0.39 is 0 Å². The van der Waals surface area contributed by atoms with E-state index in [1.165, 1.54) is 0 Å². The van der Waals surface area contributed by atoms with E-state index in [9.17, 15) is 4.79 Å². The number of hydrogen-bond donors (Lipinski definition) is 1. The first-order valence-corrected chi connectivity index (χ1v) is 8.36. The molecule has 1 unspecified atom stereocenters. The molecule has 0 fully saturated rings. The lowest BCUT2D eigenvalue weighted by Crippen LogP contribution is -2.47. The summed E-state index contributed by atoms with van der Waals surface area (Å²) in [4.78, 5) is 19.1. The van der Waals surface area contributed by atoms with Crippen molar-refractivity contribution in [2.75, 3.05) is 16.8 Å². The molecular formula is C19H23N3O. The summed E-state index contributed by atoms with van der Waals surface area (Å²) in [6.07, 6.45) is 5.46. The fraction of sp³-hybridized carbons (Fsp3) is 0.368. The molecule has 1 atom stereocenters. The summed E-state index contributed by atoms with van der Waals surface area (Å²) in [5.41, 5.74) is 3.08. The molecule has 23 heavy (non-hydrogen) atoms. The molecule has 1 aliphatic heterocycles. The SMILES string of the molecule is CCCCN1C(=O)C(CCc2ccccn2)Nc2ccccc21. The van der Waals surface area contributed by atoms with Crippen LogP contribution in [0.3, 0.4) is 0 Å². The zero-order chi connectivity index (χ0) is 16.1. The number of benzene rings is 1. The summed E-state index contributed by atoms with van der Waals surface area (Å²) >= 11 is 0. The number of anilines is 2. The van der Waals surface area contributed by atoms with Crippen LogP contribution in [0.1, 0.15) is 31.9 Å². The molecule has 4 heteroatoms. The maximum absolute atomic E-state index is 12.9. The van der Waals surface area contributed by atoms with E-state index in [1.54, 1.807) is 6.20 Å². The van der Waals surface area contributed by atoms with Crippen LogP contribution in [0.2, 0.25) is 0 Å². The van der Waals surface area contributed by atoms with Gasteiger partial charge in [-0.15, -0.1) is 0 Å². The predicted octanol–water partition coefficient (Wildman–Crippen LogP) is 3.64. The minimum atomic E-state index is -0.177. The van der Waals surface area contributed by atoms with Crippen LogP contribution in [0.5, 0.6) is 0 Å². The third-order valence-electron chi connectivity index (χ3n) is 4.24. The Labute approximate surface area is 137 Å². The second-order valence-electron chi connectivity index (χ2n) is 5.92. The van der Waals surface area contributed by atoms with Gasteiger partial charge in [0.1, 0.15) is 6.04 Å². The standard InChI is InChI=1S/C19H23N3O/c1-2-3-14-22-18-10-5-4-9-16(18)21-17(19(22)23)12-11-15-8-6-7-13-20-15/h4-10,13,17,21H,2-3,11-12,14H2,1H3. The van der Waals surface area contributed by atoms with Gasteiger partial charge in [-0.05, 0) is 43.5 Å². The summed E-state index contributed by atoms with van der Waals surface area (Å²) in [5.74, 6) is 0.174. The highest BCUT2D eigenvalue weighted by Crippen LogP contribution is 2.32. The number of para-hydroxylation sites is 2. The van der Waals surface area contributed by atoms with E-state index >= 15 is 0 Å². The molecule has 120 valence electrons. The molecule has 0 saturated carbocycles. The first kappa shape index (κ1) is 15.5. The van der Waals surface area contributed by atoms with Gasteiger partial charge >= 0.3 is 0 Å². The smallest absolute Gasteiger partial charge is 0.249 e. The number of unbranched alkanes of at least 4 members (excludes halogenated alkanes) is 1. The molecular weight excluding hydrogens is 286 g/mol. The monoisotopic (exact) mass is 309 g/mol. The van der Waals surface area contributed by atoms with Crippen LogP contribution in [-0.2, 0) is 11.2 Å². The third-order valence-corrected chi connectivity index (χ3v) is 4.24. The first-order chi connectivity index (χ1) is 11.3. The van der Waals surface area contributed by atoms with Gasteiger partial charge in [0, 0.05) is 18.4 Å². The highest BCUT2D eigenvalue weighted by atomic mass is 16.2. The molecule has 0 saturated heterocycles. The zero-order valence-corrected chi connectivity index (χ0v) is 13.5. The molecule has 1 aromatic heterocycles. The Morgan fingerprint density at radius 1 is 1.17 bits per heavy atom. The number of carbonyl (C=O) groups excluding carboxylic acids is 1. The second-order valence-corrected chi connectivity index (χ2v) is 5.92. The summed E-state index contributed by atoms with van der Waals surface area (Å²) < 4.78 is 0. The summed E-state index contributed by atoms with van der Waals surface area (Å²) in [5, 5.41) is 3.40. The van der Waals surface area contributed by atoms with Crippen LogP contribution >= 0.6 is 0 Å². The Hall–Kier alpha value is -2.36. The molecule has 0 spiro atoms. The quantitative estimate of drug-likeness (QED) is 0.886. The van der Waals surface area contributed by atoms with E-state index in [0.717, 1.165) is 49.3 Å². The van der Waals surface area contributed by atoms with Gasteiger partial charge in [-0.1, -0.05) is 31.5 Å². The third kappa shape index (κ3) is 3.52. The van der Waals surface area contributed by atoms with Gasteiger partial charge in [0.2, 0.25) is 5.91 Å². The minimum absolute atomic E-state index is 0.174. The molecule has 1 amide bonds. The number of carbonyl (C=O) groups is 1. The van der Waals surface area contributed by atoms with E-state index in [1.807, 2.05) is 41.3 Å². The van der Waals surface area contributed by atoms with Crippen LogP contribution in [0, 0.1) is 0 Å². The van der Waals surface area contributed by atoms with Crippen LogP contribution in [0.4, 0.5) is 11.4 Å². The van der Waals surface area contributed by atoms with Crippen molar-refractivity contribution in [3.05, 3.63) is 54.4 Å². The lowest BCUT2D eigenvalue weighted by Gasteiger charge is -2.35. The van der Waals surface area contributed by atoms with Gasteiger partial charge in [-0.3, -0.25) is 9.78 Å². The number of pyridine rings is 1. The number of nitrogens with zero attached hydrogens (tertiary/aromatic N) is 2. The summed E-state index contributed by atoms with van der Waals surface area (Å²) in [6.45, 7) is 2.94. The number of aryl methyl sites for hydroxylation is 1. The van der Waals surface area contributed by atoms with E-state index in [-0.39, 0.29) is 11.9 Å². The number of hydrogen-bond acceptors (Lipinski definition) is 3. The highest BCUT2D eigenvalue weighted by molar-refractivity contribution is 6.04. The molecule has 0 bridgehead atoms. The molecule has 0 aliphatic carbocycles. The largest absolute Gasteiger partial charge is 0.372 e. The topological polar surface area (TPSA) is 45.2 Å². The lowest BCUT2D eigenvalue weighted by molar-refractivity contribution is -0.119. The Balaban J connectivity index is 1.76. The van der Waals surface area contributed by atoms with Gasteiger partial charge in [0.05, 0.1) is 11.4 Å². The molecule has 1 N–H and O–H groups in total. The zero-order valence-electron chi connectivity index (χ0n) is 13.5. The average molecular weight is 309 g/mol. The van der Waals surface area contributed by atoms with Crippen molar-refractivity contribution >= 4 is 17.3 Å². The van der Waals surface area contributed by atoms with Crippen LogP contribution in [-0.4, -0.2) is 23.5 Å². The normalized spacial score (nSPS) is 16.8. The fourth-order valence-corrected chi connectivity index (χ4v) is 2.97. The average Bonchev–Trinajstić information content (AvgIpc) is 2.60. The van der Waals surface area contributed by atoms with Gasteiger partial charge in [-0.2, -0.15) is 0 Å². The van der Waals surface area contributed by atoms with E-state index in [2.05, 4.69) is 23.3 Å². The number of nitrogens with one attached hydrogen (secondary N) is 1. The first-order valence-electron chi connectivity index (χ1n) is 8.36. The van der Waals surface area contributed by atoms with Crippen LogP contribution < -0.4 is 10.2 Å². The molecule has 0 radical (unpaired) electrons. The van der Waals surface area contributed by atoms with Crippen molar-refractivity contribution in [1.82, 2.24) is 4.98 Å². The van der Waals surface area contributed by atoms with Crippen molar-refractivity contribution in [3.63, 3.8) is 0 Å². The van der Waals surface area contributed by atoms with Crippen LogP contribution in [0.15, 0.2) is 48.7 Å². The molecule has 1 aliphatic rings. The minimum Gasteiger partial charge on any atom is -0.372 e. The number of rotatable bonds is 6. The maximum atomic E-state index is 12.9. The Morgan fingerprint density at radius 3 is 2.78 bits per heavy atom. The number of amides is 1. The molecule has 3 rings (SSSR count). The van der Waals surface area contributed by atoms with Gasteiger partial charge in [0.15, 0.2) is 0 Å². The predicted molar refractivity (Wildman–Crippen MR) is 93.7 cm³/mol.